The molecule has 0 radical (unpaired) electrons. The van der Waals surface area contributed by atoms with Crippen LogP contribution >= 0.6 is 0 Å². The Balaban J connectivity index is 1.62. The summed E-state index contributed by atoms with van der Waals surface area (Å²) >= 11 is 0. The fraction of sp³-hybridized carbons (Fsp3) is 0.588. The summed E-state index contributed by atoms with van der Waals surface area (Å²) in [5.41, 5.74) is 0.492. The van der Waals surface area contributed by atoms with Crippen LogP contribution in [0.15, 0.2) is 18.3 Å². The molecule has 9 heteroatoms. The summed E-state index contributed by atoms with van der Waals surface area (Å²) in [5.74, 6) is 0.181. The zero-order chi connectivity index (χ0) is 18.7. The Morgan fingerprint density at radius 2 is 1.96 bits per heavy atom. The number of anilines is 1. The fourth-order valence-corrected chi connectivity index (χ4v) is 3.61. The summed E-state index contributed by atoms with van der Waals surface area (Å²) in [4.78, 5) is 21.6. The van der Waals surface area contributed by atoms with E-state index in [1.54, 1.807) is 18.3 Å². The third-order valence-electron chi connectivity index (χ3n) is 4.83. The average Bonchev–Trinajstić information content (AvgIpc) is 2.62. The number of hydrogen-bond donors (Lipinski definition) is 0. The van der Waals surface area contributed by atoms with E-state index in [2.05, 4.69) is 11.1 Å². The maximum Gasteiger partial charge on any atom is 0.406 e. The number of halogens is 3. The molecule has 0 N–H and O–H groups in total. The number of amides is 1. The lowest BCUT2D eigenvalue weighted by molar-refractivity contribution is -0.167. The van der Waals surface area contributed by atoms with E-state index < -0.39 is 24.7 Å². The highest BCUT2D eigenvalue weighted by Gasteiger charge is 2.40. The third-order valence-corrected chi connectivity index (χ3v) is 4.83. The first-order chi connectivity index (χ1) is 12.4. The molecule has 2 aliphatic rings. The van der Waals surface area contributed by atoms with Gasteiger partial charge >= 0.3 is 6.18 Å². The van der Waals surface area contributed by atoms with Gasteiger partial charge < -0.3 is 9.80 Å². The third kappa shape index (κ3) is 4.07. The molecule has 2 saturated heterocycles. The van der Waals surface area contributed by atoms with Gasteiger partial charge in [0.15, 0.2) is 0 Å². The van der Waals surface area contributed by atoms with Crippen LogP contribution in [0.25, 0.3) is 0 Å². The van der Waals surface area contributed by atoms with Gasteiger partial charge in [0.25, 0.3) is 0 Å². The number of piperazine rings is 1. The number of hydrogen-bond acceptors (Lipinski definition) is 5. The lowest BCUT2D eigenvalue weighted by Gasteiger charge is -2.43. The van der Waals surface area contributed by atoms with E-state index in [1.165, 1.54) is 0 Å². The topological polar surface area (TPSA) is 63.5 Å². The van der Waals surface area contributed by atoms with E-state index in [1.807, 2.05) is 9.80 Å². The van der Waals surface area contributed by atoms with Crippen molar-refractivity contribution < 1.29 is 18.0 Å². The van der Waals surface area contributed by atoms with E-state index in [0.29, 0.717) is 50.4 Å². The molecule has 2 fully saturated rings. The van der Waals surface area contributed by atoms with Gasteiger partial charge in [-0.05, 0) is 25.0 Å². The molecule has 0 bridgehead atoms. The number of pyridine rings is 1. The molecule has 0 saturated carbocycles. The lowest BCUT2D eigenvalue weighted by atomic mass is 10.0. The zero-order valence-corrected chi connectivity index (χ0v) is 14.2. The first-order valence-corrected chi connectivity index (χ1v) is 8.59. The van der Waals surface area contributed by atoms with Crippen molar-refractivity contribution in [1.29, 1.82) is 5.26 Å². The maximum atomic E-state index is 12.6. The molecule has 1 unspecified atom stereocenters. The second kappa shape index (κ2) is 7.50. The average molecular weight is 367 g/mol. The molecule has 0 aliphatic carbocycles. The predicted octanol–water partition coefficient (Wildman–Crippen LogP) is 1.63. The van der Waals surface area contributed by atoms with Crippen LogP contribution in [-0.2, 0) is 4.79 Å². The van der Waals surface area contributed by atoms with Crippen molar-refractivity contribution in [3.63, 3.8) is 0 Å². The summed E-state index contributed by atoms with van der Waals surface area (Å²) in [6.45, 7) is 1.24. The molecule has 140 valence electrons. The fourth-order valence-electron chi connectivity index (χ4n) is 3.61. The van der Waals surface area contributed by atoms with Crippen LogP contribution in [0.4, 0.5) is 19.0 Å². The van der Waals surface area contributed by atoms with Crippen LogP contribution in [-0.4, -0.2) is 72.2 Å². The molecule has 1 amide bonds. The minimum atomic E-state index is -4.37. The minimum Gasteiger partial charge on any atom is -0.353 e. The van der Waals surface area contributed by atoms with Crippen LogP contribution in [0.2, 0.25) is 0 Å². The number of piperidine rings is 1. The molecular formula is C17H20F3N5O. The van der Waals surface area contributed by atoms with Gasteiger partial charge in [0, 0.05) is 38.9 Å². The Labute approximate surface area is 149 Å². The van der Waals surface area contributed by atoms with E-state index >= 15 is 0 Å². The van der Waals surface area contributed by atoms with Crippen LogP contribution in [0.5, 0.6) is 0 Å². The van der Waals surface area contributed by atoms with Crippen molar-refractivity contribution in [2.75, 3.05) is 44.2 Å². The SMILES string of the molecule is N#Cc1cccnc1N1CCN(C2CCCN(CC(F)(F)F)C2=O)CC1. The Bertz CT molecular complexity index is 694. The number of alkyl halides is 3. The van der Waals surface area contributed by atoms with Gasteiger partial charge in [-0.2, -0.15) is 18.4 Å². The van der Waals surface area contributed by atoms with E-state index in [4.69, 9.17) is 0 Å². The summed E-state index contributed by atoms with van der Waals surface area (Å²) in [5, 5.41) is 9.19. The Hall–Kier alpha value is -2.34. The summed E-state index contributed by atoms with van der Waals surface area (Å²) < 4.78 is 37.9. The monoisotopic (exact) mass is 367 g/mol. The molecule has 3 heterocycles. The highest BCUT2D eigenvalue weighted by Crippen LogP contribution is 2.25. The van der Waals surface area contributed by atoms with Crippen molar-refractivity contribution >= 4 is 11.7 Å². The Morgan fingerprint density at radius 3 is 2.62 bits per heavy atom. The Morgan fingerprint density at radius 1 is 1.23 bits per heavy atom. The van der Waals surface area contributed by atoms with Crippen molar-refractivity contribution in [3.8, 4) is 6.07 Å². The number of nitriles is 1. The Kier molecular flexibility index (Phi) is 5.32. The van der Waals surface area contributed by atoms with Gasteiger partial charge in [0.1, 0.15) is 18.4 Å². The highest BCUT2D eigenvalue weighted by atomic mass is 19.4. The maximum absolute atomic E-state index is 12.6. The van der Waals surface area contributed by atoms with Gasteiger partial charge in [0.2, 0.25) is 5.91 Å². The molecular weight excluding hydrogens is 347 g/mol. The van der Waals surface area contributed by atoms with Crippen molar-refractivity contribution in [1.82, 2.24) is 14.8 Å². The van der Waals surface area contributed by atoms with E-state index in [9.17, 15) is 23.2 Å². The summed E-state index contributed by atoms with van der Waals surface area (Å²) in [6.07, 6.45) is -1.59. The number of nitrogens with zero attached hydrogens (tertiary/aromatic N) is 5. The van der Waals surface area contributed by atoms with Gasteiger partial charge in [-0.1, -0.05) is 0 Å². The van der Waals surface area contributed by atoms with Crippen molar-refractivity contribution in [2.24, 2.45) is 0 Å². The van der Waals surface area contributed by atoms with Crippen molar-refractivity contribution in [3.05, 3.63) is 23.9 Å². The minimum absolute atomic E-state index is 0.161. The normalized spacial score (nSPS) is 22.4. The quantitative estimate of drug-likeness (QED) is 0.813. The smallest absolute Gasteiger partial charge is 0.353 e. The van der Waals surface area contributed by atoms with Gasteiger partial charge in [-0.25, -0.2) is 4.98 Å². The van der Waals surface area contributed by atoms with Crippen LogP contribution in [0, 0.1) is 11.3 Å². The molecule has 0 spiro atoms. The second-order valence-corrected chi connectivity index (χ2v) is 6.54. The highest BCUT2D eigenvalue weighted by molar-refractivity contribution is 5.82. The standard InChI is InChI=1S/C17H20F3N5O/c18-17(19,20)12-25-6-2-4-14(16(25)26)23-7-9-24(10-8-23)15-13(11-21)3-1-5-22-15/h1,3,5,14H,2,4,6-10,12H2. The summed E-state index contributed by atoms with van der Waals surface area (Å²) in [6, 6.07) is 5.03. The van der Waals surface area contributed by atoms with Crippen LogP contribution in [0.3, 0.4) is 0 Å². The molecule has 1 atom stereocenters. The predicted molar refractivity (Wildman–Crippen MR) is 88.4 cm³/mol. The number of likely N-dealkylation sites (tertiary alicyclic amines) is 1. The number of carbonyl (C=O) groups is 1. The number of aromatic nitrogens is 1. The molecule has 1 aromatic rings. The van der Waals surface area contributed by atoms with E-state index in [-0.39, 0.29) is 6.54 Å². The second-order valence-electron chi connectivity index (χ2n) is 6.54. The largest absolute Gasteiger partial charge is 0.406 e. The zero-order valence-electron chi connectivity index (χ0n) is 14.2. The molecule has 6 nitrogen and oxygen atoms in total. The van der Waals surface area contributed by atoms with Gasteiger partial charge in [-0.15, -0.1) is 0 Å². The number of rotatable bonds is 3. The first-order valence-electron chi connectivity index (χ1n) is 8.59. The molecule has 26 heavy (non-hydrogen) atoms. The van der Waals surface area contributed by atoms with Crippen molar-refractivity contribution in [2.45, 2.75) is 25.1 Å². The molecule has 2 aliphatic heterocycles. The number of carbonyl (C=O) groups excluding carboxylic acids is 1. The van der Waals surface area contributed by atoms with Gasteiger partial charge in [-0.3, -0.25) is 9.69 Å². The first kappa shape index (κ1) is 18.5. The van der Waals surface area contributed by atoms with Gasteiger partial charge in [0.05, 0.1) is 11.6 Å². The van der Waals surface area contributed by atoms with Crippen LogP contribution in [0.1, 0.15) is 18.4 Å². The molecule has 1 aromatic heterocycles. The molecule has 0 aromatic carbocycles. The molecule has 3 rings (SSSR count). The lowest BCUT2D eigenvalue weighted by Crippen LogP contribution is -2.58. The summed E-state index contributed by atoms with van der Waals surface area (Å²) in [7, 11) is 0. The van der Waals surface area contributed by atoms with E-state index in [0.717, 1.165) is 4.90 Å². The van der Waals surface area contributed by atoms with Crippen LogP contribution < -0.4 is 4.90 Å².